The molecule has 0 saturated heterocycles. The summed E-state index contributed by atoms with van der Waals surface area (Å²) in [4.78, 5) is 24.7. The van der Waals surface area contributed by atoms with Crippen LogP contribution in [0.3, 0.4) is 0 Å². The first kappa shape index (κ1) is 20.1. The summed E-state index contributed by atoms with van der Waals surface area (Å²) in [5.41, 5.74) is 1.99. The highest BCUT2D eigenvalue weighted by Gasteiger charge is 2.15. The summed E-state index contributed by atoms with van der Waals surface area (Å²) in [5.74, 6) is -0.495. The van der Waals surface area contributed by atoms with Crippen LogP contribution in [0.5, 0.6) is 5.75 Å². The Morgan fingerprint density at radius 2 is 1.69 bits per heavy atom. The van der Waals surface area contributed by atoms with Crippen molar-refractivity contribution in [2.24, 2.45) is 0 Å². The second-order valence-corrected chi connectivity index (χ2v) is 6.45. The monoisotopic (exact) mass is 392 g/mol. The van der Waals surface area contributed by atoms with Gasteiger partial charge < -0.3 is 15.4 Å². The predicted octanol–water partition coefficient (Wildman–Crippen LogP) is 4.16. The number of halogens is 1. The number of carbonyl (C=O) groups is 2. The Kier molecular flexibility index (Phi) is 6.58. The minimum absolute atomic E-state index is 0.225. The van der Waals surface area contributed by atoms with Gasteiger partial charge in [0, 0.05) is 17.8 Å². The van der Waals surface area contributed by atoms with E-state index in [1.54, 1.807) is 25.1 Å². The number of ether oxygens (including phenoxy) is 1. The molecule has 0 spiro atoms. The maximum absolute atomic E-state index is 12.9. The van der Waals surface area contributed by atoms with Gasteiger partial charge in [0.15, 0.2) is 6.10 Å². The molecule has 5 nitrogen and oxygen atoms in total. The van der Waals surface area contributed by atoms with Crippen LogP contribution in [0, 0.1) is 5.82 Å². The molecule has 2 amide bonds. The highest BCUT2D eigenvalue weighted by molar-refractivity contribution is 6.04. The smallest absolute Gasteiger partial charge is 0.261 e. The van der Waals surface area contributed by atoms with Crippen LogP contribution in [-0.4, -0.2) is 17.9 Å². The van der Waals surface area contributed by atoms with Crippen molar-refractivity contribution in [1.29, 1.82) is 0 Å². The molecule has 0 radical (unpaired) electrons. The van der Waals surface area contributed by atoms with Gasteiger partial charge in [0.05, 0.1) is 0 Å². The third-order valence-electron chi connectivity index (χ3n) is 4.18. The number of hydrogen-bond donors (Lipinski definition) is 2. The third-order valence-corrected chi connectivity index (χ3v) is 4.18. The fourth-order valence-electron chi connectivity index (χ4n) is 2.65. The first-order valence-corrected chi connectivity index (χ1v) is 9.16. The summed E-state index contributed by atoms with van der Waals surface area (Å²) >= 11 is 0. The van der Waals surface area contributed by atoms with E-state index in [0.29, 0.717) is 17.0 Å². The molecule has 0 fully saturated rings. The summed E-state index contributed by atoms with van der Waals surface area (Å²) in [6.45, 7) is 1.87. The molecule has 29 heavy (non-hydrogen) atoms. The maximum Gasteiger partial charge on any atom is 0.261 e. The van der Waals surface area contributed by atoms with E-state index in [4.69, 9.17) is 4.74 Å². The standard InChI is InChI=1S/C23H21FN2O3/c1-16(29-21-12-10-19(24)11-13-21)22(27)25-15-17-6-5-7-18(14-17)23(28)26-20-8-3-2-4-9-20/h2-14,16H,15H2,1H3,(H,25,27)(H,26,28). The largest absolute Gasteiger partial charge is 0.481 e. The SMILES string of the molecule is CC(Oc1ccc(F)cc1)C(=O)NCc1cccc(C(=O)Nc2ccccc2)c1. The van der Waals surface area contributed by atoms with Crippen molar-refractivity contribution < 1.29 is 18.7 Å². The molecule has 1 unspecified atom stereocenters. The molecule has 0 aliphatic rings. The first-order valence-electron chi connectivity index (χ1n) is 9.16. The molecule has 0 heterocycles. The van der Waals surface area contributed by atoms with Crippen molar-refractivity contribution >= 4 is 17.5 Å². The summed E-state index contributed by atoms with van der Waals surface area (Å²) in [5, 5.41) is 5.60. The van der Waals surface area contributed by atoms with Gasteiger partial charge in [-0.05, 0) is 61.0 Å². The second kappa shape index (κ2) is 9.50. The minimum atomic E-state index is -0.745. The minimum Gasteiger partial charge on any atom is -0.481 e. The molecule has 2 N–H and O–H groups in total. The average Bonchev–Trinajstić information content (AvgIpc) is 2.74. The molecule has 1 atom stereocenters. The van der Waals surface area contributed by atoms with Crippen molar-refractivity contribution in [2.75, 3.05) is 5.32 Å². The lowest BCUT2D eigenvalue weighted by Crippen LogP contribution is -2.35. The Labute approximate surface area is 168 Å². The van der Waals surface area contributed by atoms with Crippen LogP contribution in [0.2, 0.25) is 0 Å². The van der Waals surface area contributed by atoms with E-state index in [2.05, 4.69) is 10.6 Å². The maximum atomic E-state index is 12.9. The zero-order chi connectivity index (χ0) is 20.6. The molecule has 0 bridgehead atoms. The van der Waals surface area contributed by atoms with Crippen molar-refractivity contribution in [3.63, 3.8) is 0 Å². The van der Waals surface area contributed by atoms with Gasteiger partial charge in [-0.3, -0.25) is 9.59 Å². The van der Waals surface area contributed by atoms with Crippen LogP contribution in [0.1, 0.15) is 22.8 Å². The van der Waals surface area contributed by atoms with Gasteiger partial charge in [-0.15, -0.1) is 0 Å². The predicted molar refractivity (Wildman–Crippen MR) is 109 cm³/mol. The lowest BCUT2D eigenvalue weighted by Gasteiger charge is -2.15. The summed E-state index contributed by atoms with van der Waals surface area (Å²) in [7, 11) is 0. The number of benzene rings is 3. The Morgan fingerprint density at radius 3 is 2.41 bits per heavy atom. The normalized spacial score (nSPS) is 11.4. The highest BCUT2D eigenvalue weighted by atomic mass is 19.1. The van der Waals surface area contributed by atoms with Gasteiger partial charge >= 0.3 is 0 Å². The lowest BCUT2D eigenvalue weighted by atomic mass is 10.1. The zero-order valence-electron chi connectivity index (χ0n) is 15.9. The van der Waals surface area contributed by atoms with E-state index >= 15 is 0 Å². The molecule has 3 rings (SSSR count). The van der Waals surface area contributed by atoms with Crippen molar-refractivity contribution in [3.8, 4) is 5.75 Å². The Bertz CT molecular complexity index is 975. The Hall–Kier alpha value is -3.67. The van der Waals surface area contributed by atoms with E-state index in [0.717, 1.165) is 5.56 Å². The molecule has 0 saturated carbocycles. The number of carbonyl (C=O) groups excluding carboxylic acids is 2. The van der Waals surface area contributed by atoms with Gasteiger partial charge in [0.1, 0.15) is 11.6 Å². The third kappa shape index (κ3) is 5.90. The summed E-state index contributed by atoms with van der Waals surface area (Å²) in [6, 6.07) is 21.7. The second-order valence-electron chi connectivity index (χ2n) is 6.45. The molecule has 0 aromatic heterocycles. The van der Waals surface area contributed by atoms with Crippen molar-refractivity contribution in [3.05, 3.63) is 95.8 Å². The number of nitrogens with one attached hydrogen (secondary N) is 2. The van der Waals surface area contributed by atoms with E-state index in [1.807, 2.05) is 36.4 Å². The number of anilines is 1. The van der Waals surface area contributed by atoms with E-state index in [1.165, 1.54) is 24.3 Å². The highest BCUT2D eigenvalue weighted by Crippen LogP contribution is 2.14. The van der Waals surface area contributed by atoms with Gasteiger partial charge in [0.25, 0.3) is 11.8 Å². The van der Waals surface area contributed by atoms with Crippen LogP contribution < -0.4 is 15.4 Å². The molecule has 3 aromatic rings. The van der Waals surface area contributed by atoms with Crippen LogP contribution in [0.15, 0.2) is 78.9 Å². The van der Waals surface area contributed by atoms with E-state index < -0.39 is 6.10 Å². The van der Waals surface area contributed by atoms with E-state index in [9.17, 15) is 14.0 Å². The van der Waals surface area contributed by atoms with E-state index in [-0.39, 0.29) is 24.2 Å². The number of hydrogen-bond acceptors (Lipinski definition) is 3. The summed E-state index contributed by atoms with van der Waals surface area (Å²) in [6.07, 6.45) is -0.745. The molecular weight excluding hydrogens is 371 g/mol. The molecule has 3 aromatic carbocycles. The van der Waals surface area contributed by atoms with Crippen molar-refractivity contribution in [2.45, 2.75) is 19.6 Å². The van der Waals surface area contributed by atoms with Crippen molar-refractivity contribution in [1.82, 2.24) is 5.32 Å². The number of rotatable bonds is 7. The van der Waals surface area contributed by atoms with Gasteiger partial charge in [-0.1, -0.05) is 30.3 Å². The molecule has 0 aliphatic carbocycles. The molecule has 148 valence electrons. The Balaban J connectivity index is 1.55. The number of amides is 2. The number of para-hydroxylation sites is 1. The molecule has 6 heteroatoms. The summed E-state index contributed by atoms with van der Waals surface area (Å²) < 4.78 is 18.4. The molecular formula is C23H21FN2O3. The van der Waals surface area contributed by atoms with Crippen LogP contribution in [-0.2, 0) is 11.3 Å². The first-order chi connectivity index (χ1) is 14.0. The zero-order valence-corrected chi connectivity index (χ0v) is 15.9. The fraction of sp³-hybridized carbons (Fsp3) is 0.130. The van der Waals surface area contributed by atoms with Crippen LogP contribution in [0.25, 0.3) is 0 Å². The van der Waals surface area contributed by atoms with Gasteiger partial charge in [0.2, 0.25) is 0 Å². The van der Waals surface area contributed by atoms with Crippen LogP contribution >= 0.6 is 0 Å². The van der Waals surface area contributed by atoms with Gasteiger partial charge in [-0.2, -0.15) is 0 Å². The average molecular weight is 392 g/mol. The van der Waals surface area contributed by atoms with Gasteiger partial charge in [-0.25, -0.2) is 4.39 Å². The Morgan fingerprint density at radius 1 is 0.966 bits per heavy atom. The fourth-order valence-corrected chi connectivity index (χ4v) is 2.65. The quantitative estimate of drug-likeness (QED) is 0.634. The topological polar surface area (TPSA) is 67.4 Å². The van der Waals surface area contributed by atoms with Crippen LogP contribution in [0.4, 0.5) is 10.1 Å². The lowest BCUT2D eigenvalue weighted by molar-refractivity contribution is -0.127. The molecule has 0 aliphatic heterocycles.